The summed E-state index contributed by atoms with van der Waals surface area (Å²) in [6.45, 7) is 4.04. The van der Waals surface area contributed by atoms with Gasteiger partial charge < -0.3 is 0 Å². The van der Waals surface area contributed by atoms with Crippen molar-refractivity contribution >= 4 is 10.8 Å². The molecule has 0 nitrogen and oxygen atoms in total. The second-order valence-corrected chi connectivity index (χ2v) is 5.03. The summed E-state index contributed by atoms with van der Waals surface area (Å²) in [5, 5.41) is -2.38. The van der Waals surface area contributed by atoms with E-state index < -0.39 is 62.7 Å². The van der Waals surface area contributed by atoms with E-state index in [-0.39, 0.29) is 6.42 Å². The average molecular weight is 306 g/mol. The topological polar surface area (TPSA) is 0 Å². The van der Waals surface area contributed by atoms with Crippen LogP contribution in [0.3, 0.4) is 0 Å². The zero-order chi connectivity index (χ0) is 16.1. The highest BCUT2D eigenvalue weighted by Gasteiger charge is 2.30. The third kappa shape index (κ3) is 2.08. The standard InChI is InChI=1S/C15H12F6/c1-4-6-10(16)8-9(14(20)11(6)17)12(18)7(5(2)3)13(19)15(8)21/h5H,4H2,1-3H3. The Morgan fingerprint density at radius 2 is 1.14 bits per heavy atom. The second kappa shape index (κ2) is 5.24. The highest BCUT2D eigenvalue weighted by Crippen LogP contribution is 2.37. The minimum absolute atomic E-state index is 0.279. The fraction of sp³-hybridized carbons (Fsp3) is 0.333. The zero-order valence-electron chi connectivity index (χ0n) is 11.6. The molecule has 0 aliphatic carbocycles. The van der Waals surface area contributed by atoms with Crippen LogP contribution in [0.2, 0.25) is 0 Å². The summed E-state index contributed by atoms with van der Waals surface area (Å²) >= 11 is 0. The third-order valence-electron chi connectivity index (χ3n) is 3.45. The Labute approximate surface area is 117 Å². The van der Waals surface area contributed by atoms with Crippen LogP contribution in [0.15, 0.2) is 0 Å². The van der Waals surface area contributed by atoms with E-state index in [1.807, 2.05) is 0 Å². The minimum Gasteiger partial charge on any atom is -0.206 e. The first-order valence-corrected chi connectivity index (χ1v) is 6.39. The van der Waals surface area contributed by atoms with Gasteiger partial charge in [0.15, 0.2) is 23.3 Å². The van der Waals surface area contributed by atoms with E-state index in [0.717, 1.165) is 0 Å². The summed E-state index contributed by atoms with van der Waals surface area (Å²) in [5.74, 6) is -10.3. The summed E-state index contributed by atoms with van der Waals surface area (Å²) in [7, 11) is 0. The summed E-state index contributed by atoms with van der Waals surface area (Å²) in [5.41, 5.74) is -1.48. The van der Waals surface area contributed by atoms with E-state index in [1.165, 1.54) is 20.8 Å². The number of benzene rings is 2. The van der Waals surface area contributed by atoms with Crippen molar-refractivity contribution in [3.8, 4) is 0 Å². The normalized spacial score (nSPS) is 11.7. The van der Waals surface area contributed by atoms with E-state index in [4.69, 9.17) is 0 Å². The predicted molar refractivity (Wildman–Crippen MR) is 67.2 cm³/mol. The molecule has 0 N–H and O–H groups in total. The maximum absolute atomic E-state index is 14.2. The molecule has 0 amide bonds. The summed E-state index contributed by atoms with van der Waals surface area (Å²) in [6, 6.07) is 0. The van der Waals surface area contributed by atoms with E-state index in [9.17, 15) is 26.3 Å². The Hall–Kier alpha value is -1.72. The summed E-state index contributed by atoms with van der Waals surface area (Å²) < 4.78 is 83.9. The molecule has 0 saturated carbocycles. The van der Waals surface area contributed by atoms with Gasteiger partial charge in [-0.2, -0.15) is 0 Å². The van der Waals surface area contributed by atoms with Crippen LogP contribution in [0.4, 0.5) is 26.3 Å². The first-order valence-electron chi connectivity index (χ1n) is 6.39. The molecule has 0 spiro atoms. The molecule has 2 aromatic carbocycles. The monoisotopic (exact) mass is 306 g/mol. The van der Waals surface area contributed by atoms with Crippen LogP contribution in [-0.2, 0) is 6.42 Å². The zero-order valence-corrected chi connectivity index (χ0v) is 11.6. The molecule has 0 aliphatic rings. The minimum atomic E-state index is -1.71. The molecule has 0 saturated heterocycles. The van der Waals surface area contributed by atoms with Crippen LogP contribution in [0.25, 0.3) is 10.8 Å². The van der Waals surface area contributed by atoms with Crippen molar-refractivity contribution in [1.29, 1.82) is 0 Å². The van der Waals surface area contributed by atoms with Gasteiger partial charge in [0.25, 0.3) is 0 Å². The summed E-state index contributed by atoms with van der Waals surface area (Å²) in [6.07, 6.45) is -0.279. The molecule has 0 radical (unpaired) electrons. The van der Waals surface area contributed by atoms with E-state index in [2.05, 4.69) is 0 Å². The number of rotatable bonds is 2. The number of halogens is 6. The van der Waals surface area contributed by atoms with Gasteiger partial charge in [-0.1, -0.05) is 20.8 Å². The Balaban J connectivity index is 3.15. The van der Waals surface area contributed by atoms with Crippen molar-refractivity contribution in [3.63, 3.8) is 0 Å². The number of fused-ring (bicyclic) bond motifs is 1. The Morgan fingerprint density at radius 3 is 1.62 bits per heavy atom. The fourth-order valence-corrected chi connectivity index (χ4v) is 2.40. The highest BCUT2D eigenvalue weighted by atomic mass is 19.2. The quantitative estimate of drug-likeness (QED) is 0.517. The van der Waals surface area contributed by atoms with Gasteiger partial charge in [0.05, 0.1) is 10.8 Å². The van der Waals surface area contributed by atoms with Crippen LogP contribution in [0.1, 0.15) is 37.8 Å². The van der Waals surface area contributed by atoms with Gasteiger partial charge >= 0.3 is 0 Å². The second-order valence-electron chi connectivity index (χ2n) is 5.03. The molecule has 0 bridgehead atoms. The Bertz CT molecular complexity index is 733. The van der Waals surface area contributed by atoms with Gasteiger partial charge in [-0.3, -0.25) is 0 Å². The largest absolute Gasteiger partial charge is 0.206 e. The highest BCUT2D eigenvalue weighted by molar-refractivity contribution is 5.87. The van der Waals surface area contributed by atoms with Crippen molar-refractivity contribution in [1.82, 2.24) is 0 Å². The average Bonchev–Trinajstić information content (AvgIpc) is 2.40. The molecule has 0 aromatic heterocycles. The Kier molecular flexibility index (Phi) is 3.91. The van der Waals surface area contributed by atoms with Gasteiger partial charge in [0.1, 0.15) is 11.6 Å². The van der Waals surface area contributed by atoms with Crippen molar-refractivity contribution in [2.75, 3.05) is 0 Å². The molecule has 0 heterocycles. The Morgan fingerprint density at radius 1 is 0.667 bits per heavy atom. The van der Waals surface area contributed by atoms with E-state index in [0.29, 0.717) is 0 Å². The molecule has 0 unspecified atom stereocenters. The van der Waals surface area contributed by atoms with Crippen LogP contribution in [-0.4, -0.2) is 0 Å². The molecule has 2 rings (SSSR count). The predicted octanol–water partition coefficient (Wildman–Crippen LogP) is 5.36. The lowest BCUT2D eigenvalue weighted by molar-refractivity contribution is 0.461. The third-order valence-corrected chi connectivity index (χ3v) is 3.45. The first-order chi connectivity index (χ1) is 9.73. The molecular weight excluding hydrogens is 294 g/mol. The van der Waals surface area contributed by atoms with Crippen molar-refractivity contribution in [2.24, 2.45) is 0 Å². The van der Waals surface area contributed by atoms with Gasteiger partial charge in [0, 0.05) is 11.1 Å². The SMILES string of the molecule is CCc1c(F)c(F)c2c(F)c(C(C)C)c(F)c(F)c2c1F. The molecule has 114 valence electrons. The van der Waals surface area contributed by atoms with Crippen molar-refractivity contribution in [2.45, 2.75) is 33.1 Å². The van der Waals surface area contributed by atoms with E-state index >= 15 is 0 Å². The fourth-order valence-electron chi connectivity index (χ4n) is 2.40. The van der Waals surface area contributed by atoms with Crippen LogP contribution in [0.5, 0.6) is 0 Å². The number of hydrogen-bond acceptors (Lipinski definition) is 0. The maximum atomic E-state index is 14.2. The van der Waals surface area contributed by atoms with Crippen molar-refractivity contribution in [3.05, 3.63) is 46.0 Å². The first kappa shape index (κ1) is 15.7. The molecule has 21 heavy (non-hydrogen) atoms. The summed E-state index contributed by atoms with van der Waals surface area (Å²) in [4.78, 5) is 0. The molecule has 0 atom stereocenters. The molecular formula is C15H12F6. The van der Waals surface area contributed by atoms with Crippen LogP contribution >= 0.6 is 0 Å². The van der Waals surface area contributed by atoms with Gasteiger partial charge in [-0.05, 0) is 12.3 Å². The smallest absolute Gasteiger partial charge is 0.170 e. The van der Waals surface area contributed by atoms with Gasteiger partial charge in [0.2, 0.25) is 0 Å². The molecule has 6 heteroatoms. The molecule has 0 fully saturated rings. The van der Waals surface area contributed by atoms with Crippen LogP contribution in [0, 0.1) is 34.9 Å². The molecule has 2 aromatic rings. The maximum Gasteiger partial charge on any atom is 0.170 e. The molecule has 0 aliphatic heterocycles. The van der Waals surface area contributed by atoms with Gasteiger partial charge in [-0.15, -0.1) is 0 Å². The lowest BCUT2D eigenvalue weighted by Crippen LogP contribution is -2.09. The van der Waals surface area contributed by atoms with Crippen molar-refractivity contribution < 1.29 is 26.3 Å². The lowest BCUT2D eigenvalue weighted by atomic mass is 9.94. The van der Waals surface area contributed by atoms with Crippen LogP contribution < -0.4 is 0 Å². The van der Waals surface area contributed by atoms with Gasteiger partial charge in [-0.25, -0.2) is 26.3 Å². The lowest BCUT2D eigenvalue weighted by Gasteiger charge is -2.15. The van der Waals surface area contributed by atoms with E-state index in [1.54, 1.807) is 0 Å². The number of hydrogen-bond donors (Lipinski definition) is 0.